The molecule has 2 heterocycles. The normalized spacial score (nSPS) is 15.9. The van der Waals surface area contributed by atoms with Crippen LogP contribution in [0.5, 0.6) is 0 Å². The maximum absolute atomic E-state index is 12.8. The van der Waals surface area contributed by atoms with Crippen molar-refractivity contribution in [2.45, 2.75) is 45.7 Å². The first-order valence-electron chi connectivity index (χ1n) is 11.8. The van der Waals surface area contributed by atoms with Crippen LogP contribution in [0, 0.1) is 17.6 Å². The second kappa shape index (κ2) is 10.9. The Bertz CT molecular complexity index is 1100. The van der Waals surface area contributed by atoms with Gasteiger partial charge in [0.15, 0.2) is 10.6 Å². The zero-order valence-electron chi connectivity index (χ0n) is 19.5. The van der Waals surface area contributed by atoms with E-state index >= 15 is 0 Å². The summed E-state index contributed by atoms with van der Waals surface area (Å²) in [6, 6.07) is 18.9. The number of amides is 1. The van der Waals surface area contributed by atoms with Gasteiger partial charge in [0.05, 0.1) is 6.04 Å². The van der Waals surface area contributed by atoms with Crippen LogP contribution in [-0.2, 0) is 11.3 Å². The Hall–Kier alpha value is -2.77. The van der Waals surface area contributed by atoms with E-state index < -0.39 is 0 Å². The first kappa shape index (κ1) is 23.4. The Morgan fingerprint density at radius 3 is 2.55 bits per heavy atom. The molecule has 0 saturated carbocycles. The number of benzene rings is 2. The zero-order chi connectivity index (χ0) is 23.2. The first-order chi connectivity index (χ1) is 16.0. The van der Waals surface area contributed by atoms with Gasteiger partial charge in [0.1, 0.15) is 0 Å². The summed E-state index contributed by atoms with van der Waals surface area (Å²) in [7, 11) is 0. The van der Waals surface area contributed by atoms with Crippen molar-refractivity contribution in [2.75, 3.05) is 19.6 Å². The second-order valence-electron chi connectivity index (χ2n) is 9.07. The van der Waals surface area contributed by atoms with E-state index in [4.69, 9.17) is 12.2 Å². The summed E-state index contributed by atoms with van der Waals surface area (Å²) < 4.78 is 2.43. The van der Waals surface area contributed by atoms with Gasteiger partial charge in [-0.2, -0.15) is 5.10 Å². The lowest BCUT2D eigenvalue weighted by molar-refractivity contribution is -0.121. The van der Waals surface area contributed by atoms with Gasteiger partial charge in [-0.25, -0.2) is 0 Å². The zero-order valence-corrected chi connectivity index (χ0v) is 20.3. The Morgan fingerprint density at radius 1 is 1.15 bits per heavy atom. The predicted octanol–water partition coefficient (Wildman–Crippen LogP) is 4.90. The number of aromatic amines is 1. The molecule has 4 rings (SSSR count). The molecule has 33 heavy (non-hydrogen) atoms. The number of hydrogen-bond donors (Lipinski definition) is 2. The Kier molecular flexibility index (Phi) is 7.73. The molecule has 7 heteroatoms. The molecular weight excluding hydrogens is 430 g/mol. The van der Waals surface area contributed by atoms with Crippen LogP contribution in [0.4, 0.5) is 0 Å². The number of nitrogens with one attached hydrogen (secondary N) is 2. The van der Waals surface area contributed by atoms with Crippen LogP contribution in [-0.4, -0.2) is 45.2 Å². The van der Waals surface area contributed by atoms with Crippen LogP contribution >= 0.6 is 12.2 Å². The molecule has 2 N–H and O–H groups in total. The standard InChI is InChI=1S/C26H33N5OS/c1-19-8-10-22(11-9-19)25-28-29-26(33)31(25)17-14-24(32)27-18-23(21-6-4-3-5-7-21)30-15-12-20(2)13-16-30/h3-11,20,23H,12-18H2,1-2H3,(H,27,32)(H,29,33). The molecule has 1 saturated heterocycles. The number of carbonyl (C=O) groups is 1. The molecule has 1 aliphatic heterocycles. The minimum absolute atomic E-state index is 0.0271. The van der Waals surface area contributed by atoms with Gasteiger partial charge in [0.25, 0.3) is 0 Å². The highest BCUT2D eigenvalue weighted by Gasteiger charge is 2.25. The number of carbonyl (C=O) groups excluding carboxylic acids is 1. The van der Waals surface area contributed by atoms with Crippen molar-refractivity contribution < 1.29 is 4.79 Å². The summed E-state index contributed by atoms with van der Waals surface area (Å²) in [6.45, 7) is 7.61. The van der Waals surface area contributed by atoms with Crippen molar-refractivity contribution in [3.63, 3.8) is 0 Å². The molecular formula is C26H33N5OS. The van der Waals surface area contributed by atoms with E-state index in [1.807, 2.05) is 22.8 Å². The van der Waals surface area contributed by atoms with Gasteiger partial charge in [-0.3, -0.25) is 19.4 Å². The molecule has 174 valence electrons. The van der Waals surface area contributed by atoms with Crippen LogP contribution in [0.1, 0.15) is 43.4 Å². The topological polar surface area (TPSA) is 66.0 Å². The third-order valence-corrected chi connectivity index (χ3v) is 6.88. The van der Waals surface area contributed by atoms with Gasteiger partial charge in [-0.15, -0.1) is 0 Å². The molecule has 1 unspecified atom stereocenters. The van der Waals surface area contributed by atoms with Crippen molar-refractivity contribution in [2.24, 2.45) is 5.92 Å². The average Bonchev–Trinajstić information content (AvgIpc) is 3.20. The fourth-order valence-electron chi connectivity index (χ4n) is 4.43. The van der Waals surface area contributed by atoms with E-state index in [-0.39, 0.29) is 11.9 Å². The molecule has 0 spiro atoms. The van der Waals surface area contributed by atoms with Gasteiger partial charge in [-0.1, -0.05) is 67.1 Å². The number of aryl methyl sites for hydroxylation is 1. The highest BCUT2D eigenvalue weighted by molar-refractivity contribution is 7.71. The highest BCUT2D eigenvalue weighted by Crippen LogP contribution is 2.26. The fourth-order valence-corrected chi connectivity index (χ4v) is 4.66. The molecule has 6 nitrogen and oxygen atoms in total. The molecule has 3 aromatic rings. The smallest absolute Gasteiger partial charge is 0.221 e. The number of aromatic nitrogens is 3. The lowest BCUT2D eigenvalue weighted by Crippen LogP contribution is -2.42. The van der Waals surface area contributed by atoms with Gasteiger partial charge in [-0.05, 0) is 56.6 Å². The predicted molar refractivity (Wildman–Crippen MR) is 134 cm³/mol. The molecule has 2 aromatic carbocycles. The first-order valence-corrected chi connectivity index (χ1v) is 12.2. The molecule has 0 radical (unpaired) electrons. The number of piperidine rings is 1. The van der Waals surface area contributed by atoms with E-state index in [0.717, 1.165) is 30.4 Å². The highest BCUT2D eigenvalue weighted by atomic mass is 32.1. The molecule has 1 aromatic heterocycles. The summed E-state index contributed by atoms with van der Waals surface area (Å²) in [6.07, 6.45) is 2.76. The number of hydrogen-bond acceptors (Lipinski definition) is 4. The summed E-state index contributed by atoms with van der Waals surface area (Å²) in [5.41, 5.74) is 3.43. The Labute approximate surface area is 201 Å². The average molecular weight is 464 g/mol. The lowest BCUT2D eigenvalue weighted by Gasteiger charge is -2.37. The van der Waals surface area contributed by atoms with E-state index in [0.29, 0.717) is 24.3 Å². The van der Waals surface area contributed by atoms with E-state index in [1.165, 1.54) is 24.0 Å². The molecule has 1 aliphatic rings. The van der Waals surface area contributed by atoms with Gasteiger partial charge >= 0.3 is 0 Å². The quantitative estimate of drug-likeness (QED) is 0.467. The summed E-state index contributed by atoms with van der Waals surface area (Å²) in [4.78, 5) is 15.3. The van der Waals surface area contributed by atoms with Crippen molar-refractivity contribution in [3.8, 4) is 11.4 Å². The molecule has 1 amide bonds. The van der Waals surface area contributed by atoms with Crippen molar-refractivity contribution >= 4 is 18.1 Å². The third-order valence-electron chi connectivity index (χ3n) is 6.57. The maximum atomic E-state index is 12.8. The summed E-state index contributed by atoms with van der Waals surface area (Å²) >= 11 is 5.42. The molecule has 1 atom stereocenters. The SMILES string of the molecule is Cc1ccc(-c2n[nH]c(=S)n2CCC(=O)NCC(c2ccccc2)N2CCC(C)CC2)cc1. The lowest BCUT2D eigenvalue weighted by atomic mass is 9.95. The van der Waals surface area contributed by atoms with Gasteiger partial charge < -0.3 is 5.32 Å². The van der Waals surface area contributed by atoms with Crippen LogP contribution in [0.15, 0.2) is 54.6 Å². The largest absolute Gasteiger partial charge is 0.354 e. The van der Waals surface area contributed by atoms with Crippen LogP contribution < -0.4 is 5.32 Å². The monoisotopic (exact) mass is 463 g/mol. The second-order valence-corrected chi connectivity index (χ2v) is 9.46. The van der Waals surface area contributed by atoms with Crippen LogP contribution in [0.2, 0.25) is 0 Å². The van der Waals surface area contributed by atoms with Crippen molar-refractivity contribution in [1.82, 2.24) is 25.0 Å². The summed E-state index contributed by atoms with van der Waals surface area (Å²) in [5, 5.41) is 10.4. The van der Waals surface area contributed by atoms with Crippen molar-refractivity contribution in [1.29, 1.82) is 0 Å². The number of likely N-dealkylation sites (tertiary alicyclic amines) is 1. The fraction of sp³-hybridized carbons (Fsp3) is 0.423. The minimum atomic E-state index is 0.0271. The number of rotatable bonds is 8. The van der Waals surface area contributed by atoms with Crippen molar-refractivity contribution in [3.05, 3.63) is 70.5 Å². The Morgan fingerprint density at radius 2 is 1.85 bits per heavy atom. The van der Waals surface area contributed by atoms with E-state index in [9.17, 15) is 4.79 Å². The molecule has 1 fully saturated rings. The van der Waals surface area contributed by atoms with Crippen LogP contribution in [0.3, 0.4) is 0 Å². The number of H-pyrrole nitrogens is 1. The Balaban J connectivity index is 1.39. The minimum Gasteiger partial charge on any atom is -0.354 e. The summed E-state index contributed by atoms with van der Waals surface area (Å²) in [5.74, 6) is 1.56. The van der Waals surface area contributed by atoms with Crippen LogP contribution in [0.25, 0.3) is 11.4 Å². The van der Waals surface area contributed by atoms with E-state index in [1.54, 1.807) is 0 Å². The third kappa shape index (κ3) is 5.97. The maximum Gasteiger partial charge on any atom is 0.221 e. The molecule has 0 aliphatic carbocycles. The molecule has 0 bridgehead atoms. The van der Waals surface area contributed by atoms with E-state index in [2.05, 4.69) is 70.7 Å². The van der Waals surface area contributed by atoms with Gasteiger partial charge in [0, 0.05) is 25.1 Å². The number of nitrogens with zero attached hydrogens (tertiary/aromatic N) is 3. The van der Waals surface area contributed by atoms with Gasteiger partial charge in [0.2, 0.25) is 5.91 Å².